The van der Waals surface area contributed by atoms with Crippen LogP contribution in [0.5, 0.6) is 11.5 Å². The first-order chi connectivity index (χ1) is 13.2. The molecule has 0 saturated heterocycles. The topological polar surface area (TPSA) is 60.8 Å². The van der Waals surface area contributed by atoms with Gasteiger partial charge in [0.15, 0.2) is 0 Å². The van der Waals surface area contributed by atoms with Gasteiger partial charge in [-0.3, -0.25) is 9.98 Å². The Balaban J connectivity index is 1.60. The second-order valence-electron chi connectivity index (χ2n) is 5.80. The molecule has 1 aromatic heterocycles. The molecule has 0 fully saturated rings. The number of carbonyl (C=O) groups excluding carboxylic acids is 1. The van der Waals surface area contributed by atoms with Crippen molar-refractivity contribution in [2.45, 2.75) is 13.3 Å². The number of esters is 1. The van der Waals surface area contributed by atoms with Gasteiger partial charge in [0.25, 0.3) is 0 Å². The first-order valence-corrected chi connectivity index (χ1v) is 8.74. The molecule has 3 aromatic rings. The molecule has 0 aliphatic rings. The molecule has 0 aliphatic heterocycles. The smallest absolute Gasteiger partial charge is 0.343 e. The molecule has 5 nitrogen and oxygen atoms in total. The highest BCUT2D eigenvalue weighted by molar-refractivity contribution is 5.91. The summed E-state index contributed by atoms with van der Waals surface area (Å²) in [5, 5.41) is 0. The van der Waals surface area contributed by atoms with Crippen LogP contribution in [0, 0.1) is 0 Å². The molecule has 136 valence electrons. The Hall–Kier alpha value is -3.47. The molecule has 0 saturated carbocycles. The van der Waals surface area contributed by atoms with E-state index in [2.05, 4.69) is 16.9 Å². The van der Waals surface area contributed by atoms with Crippen LogP contribution in [0.15, 0.2) is 78.0 Å². The lowest BCUT2D eigenvalue weighted by atomic mass is 10.2. The van der Waals surface area contributed by atoms with Crippen LogP contribution < -0.4 is 9.47 Å². The summed E-state index contributed by atoms with van der Waals surface area (Å²) in [6.45, 7) is 2.79. The van der Waals surface area contributed by atoms with Gasteiger partial charge in [-0.2, -0.15) is 0 Å². The van der Waals surface area contributed by atoms with Gasteiger partial charge in [0.05, 0.1) is 24.1 Å². The van der Waals surface area contributed by atoms with Gasteiger partial charge in [-0.1, -0.05) is 6.92 Å². The average Bonchev–Trinajstić information content (AvgIpc) is 2.72. The predicted molar refractivity (Wildman–Crippen MR) is 105 cm³/mol. The van der Waals surface area contributed by atoms with Gasteiger partial charge in [-0.25, -0.2) is 4.79 Å². The maximum atomic E-state index is 12.1. The Bertz CT molecular complexity index is 889. The largest absolute Gasteiger partial charge is 0.494 e. The van der Waals surface area contributed by atoms with Crippen molar-refractivity contribution in [2.75, 3.05) is 6.61 Å². The Morgan fingerprint density at radius 1 is 1.04 bits per heavy atom. The molecule has 5 heteroatoms. The lowest BCUT2D eigenvalue weighted by Crippen LogP contribution is -2.08. The number of ether oxygens (including phenoxy) is 2. The van der Waals surface area contributed by atoms with Crippen molar-refractivity contribution in [1.82, 2.24) is 4.98 Å². The van der Waals surface area contributed by atoms with E-state index in [1.807, 2.05) is 24.3 Å². The number of aliphatic imine (C=N–C) groups is 1. The van der Waals surface area contributed by atoms with Crippen molar-refractivity contribution in [2.24, 2.45) is 4.99 Å². The van der Waals surface area contributed by atoms with E-state index in [0.29, 0.717) is 17.9 Å². The average molecular weight is 360 g/mol. The lowest BCUT2D eigenvalue weighted by molar-refractivity contribution is 0.0734. The quantitative estimate of drug-likeness (QED) is 0.447. The van der Waals surface area contributed by atoms with Gasteiger partial charge in [0, 0.05) is 12.4 Å². The Labute approximate surface area is 158 Å². The Kier molecular flexibility index (Phi) is 6.30. The number of nitrogens with zero attached hydrogens (tertiary/aromatic N) is 2. The molecule has 0 amide bonds. The molecular formula is C22H20N2O3. The Morgan fingerprint density at radius 3 is 2.48 bits per heavy atom. The fourth-order valence-corrected chi connectivity index (χ4v) is 2.28. The zero-order valence-corrected chi connectivity index (χ0v) is 15.0. The standard InChI is InChI=1S/C22H20N2O3/c1-2-14-26-20-11-5-17(6-12-20)15-24-19-9-7-18(8-10-19)22(25)27-21-4-3-13-23-16-21/h3-13,15-16H,2,14H2,1H3. The van der Waals surface area contributed by atoms with E-state index in [0.717, 1.165) is 23.4 Å². The normalized spacial score (nSPS) is 10.7. The van der Waals surface area contributed by atoms with Crippen LogP contribution in [-0.2, 0) is 0 Å². The summed E-state index contributed by atoms with van der Waals surface area (Å²) >= 11 is 0. The minimum Gasteiger partial charge on any atom is -0.494 e. The van der Waals surface area contributed by atoms with E-state index in [-0.39, 0.29) is 0 Å². The Morgan fingerprint density at radius 2 is 1.81 bits per heavy atom. The highest BCUT2D eigenvalue weighted by Crippen LogP contribution is 2.16. The first-order valence-electron chi connectivity index (χ1n) is 8.74. The first kappa shape index (κ1) is 18.3. The van der Waals surface area contributed by atoms with Crippen molar-refractivity contribution in [3.8, 4) is 11.5 Å². The van der Waals surface area contributed by atoms with E-state index in [9.17, 15) is 4.79 Å². The summed E-state index contributed by atoms with van der Waals surface area (Å²) in [6.07, 6.45) is 5.87. The number of hydrogen-bond donors (Lipinski definition) is 0. The van der Waals surface area contributed by atoms with Crippen LogP contribution in [0.2, 0.25) is 0 Å². The van der Waals surface area contributed by atoms with Gasteiger partial charge in [-0.05, 0) is 72.6 Å². The third-order valence-corrected chi connectivity index (χ3v) is 3.66. The van der Waals surface area contributed by atoms with Gasteiger partial charge in [0.2, 0.25) is 0 Å². The summed E-state index contributed by atoms with van der Waals surface area (Å²) in [4.78, 5) is 20.5. The SMILES string of the molecule is CCCOc1ccc(C=Nc2ccc(C(=O)Oc3cccnc3)cc2)cc1. The zero-order chi connectivity index (χ0) is 18.9. The third kappa shape index (κ3) is 5.51. The highest BCUT2D eigenvalue weighted by Gasteiger charge is 2.08. The number of rotatable bonds is 7. The molecular weight excluding hydrogens is 340 g/mol. The van der Waals surface area contributed by atoms with Crippen molar-refractivity contribution < 1.29 is 14.3 Å². The maximum Gasteiger partial charge on any atom is 0.343 e. The fraction of sp³-hybridized carbons (Fsp3) is 0.136. The second kappa shape index (κ2) is 9.29. The maximum absolute atomic E-state index is 12.1. The van der Waals surface area contributed by atoms with Gasteiger partial charge >= 0.3 is 5.97 Å². The summed E-state index contributed by atoms with van der Waals surface area (Å²) in [5.74, 6) is 0.836. The monoisotopic (exact) mass is 360 g/mol. The van der Waals surface area contributed by atoms with Gasteiger partial charge in [-0.15, -0.1) is 0 Å². The lowest BCUT2D eigenvalue weighted by Gasteiger charge is -2.04. The van der Waals surface area contributed by atoms with E-state index in [1.54, 1.807) is 48.8 Å². The van der Waals surface area contributed by atoms with Crippen molar-refractivity contribution in [1.29, 1.82) is 0 Å². The van der Waals surface area contributed by atoms with Crippen LogP contribution >= 0.6 is 0 Å². The summed E-state index contributed by atoms with van der Waals surface area (Å²) in [5.41, 5.74) is 2.17. The fourth-order valence-electron chi connectivity index (χ4n) is 2.28. The number of carbonyl (C=O) groups is 1. The molecule has 0 atom stereocenters. The second-order valence-corrected chi connectivity index (χ2v) is 5.80. The predicted octanol–water partition coefficient (Wildman–Crippen LogP) is 4.84. The van der Waals surface area contributed by atoms with Crippen LogP contribution in [0.4, 0.5) is 5.69 Å². The molecule has 1 heterocycles. The van der Waals surface area contributed by atoms with E-state index in [4.69, 9.17) is 9.47 Å². The van der Waals surface area contributed by atoms with Gasteiger partial charge in [0.1, 0.15) is 11.5 Å². The third-order valence-electron chi connectivity index (χ3n) is 3.66. The molecule has 0 radical (unpaired) electrons. The van der Waals surface area contributed by atoms with Crippen LogP contribution in [0.3, 0.4) is 0 Å². The van der Waals surface area contributed by atoms with Crippen LogP contribution in [0.25, 0.3) is 0 Å². The molecule has 0 N–H and O–H groups in total. The molecule has 27 heavy (non-hydrogen) atoms. The number of benzene rings is 2. The highest BCUT2D eigenvalue weighted by atomic mass is 16.5. The van der Waals surface area contributed by atoms with Crippen LogP contribution in [0.1, 0.15) is 29.3 Å². The molecule has 0 aliphatic carbocycles. The summed E-state index contributed by atoms with van der Waals surface area (Å²) in [7, 11) is 0. The number of pyridine rings is 1. The zero-order valence-electron chi connectivity index (χ0n) is 15.0. The number of aromatic nitrogens is 1. The molecule has 0 spiro atoms. The minimum absolute atomic E-state index is 0.413. The van der Waals surface area contributed by atoms with Crippen molar-refractivity contribution in [3.63, 3.8) is 0 Å². The van der Waals surface area contributed by atoms with Crippen molar-refractivity contribution in [3.05, 3.63) is 84.2 Å². The molecule has 0 bridgehead atoms. The van der Waals surface area contributed by atoms with E-state index < -0.39 is 5.97 Å². The molecule has 0 unspecified atom stereocenters. The van der Waals surface area contributed by atoms with Crippen molar-refractivity contribution >= 4 is 17.9 Å². The summed E-state index contributed by atoms with van der Waals surface area (Å²) < 4.78 is 10.8. The number of hydrogen-bond acceptors (Lipinski definition) is 5. The van der Waals surface area contributed by atoms with Crippen LogP contribution in [-0.4, -0.2) is 23.8 Å². The van der Waals surface area contributed by atoms with E-state index >= 15 is 0 Å². The molecule has 3 rings (SSSR count). The molecule has 2 aromatic carbocycles. The summed E-state index contributed by atoms with van der Waals surface area (Å²) in [6, 6.07) is 18.1. The van der Waals surface area contributed by atoms with E-state index in [1.165, 1.54) is 6.20 Å². The minimum atomic E-state index is -0.429. The van der Waals surface area contributed by atoms with Gasteiger partial charge < -0.3 is 9.47 Å².